The Balaban J connectivity index is 2.20. The quantitative estimate of drug-likeness (QED) is 0.392. The molecule has 0 aromatic rings. The Morgan fingerprint density at radius 1 is 1.39 bits per heavy atom. The Bertz CT molecular complexity index is 256. The van der Waals surface area contributed by atoms with E-state index in [0.717, 1.165) is 25.4 Å². The van der Waals surface area contributed by atoms with E-state index in [-0.39, 0.29) is 12.0 Å². The van der Waals surface area contributed by atoms with Gasteiger partial charge in [0.05, 0.1) is 6.61 Å². The molecule has 106 valence electrons. The van der Waals surface area contributed by atoms with E-state index in [1.54, 1.807) is 0 Å². The van der Waals surface area contributed by atoms with Gasteiger partial charge in [-0.15, -0.1) is 0 Å². The van der Waals surface area contributed by atoms with E-state index in [0.29, 0.717) is 19.8 Å². The van der Waals surface area contributed by atoms with Crippen LogP contribution in [-0.4, -0.2) is 46.9 Å². The fourth-order valence-electron chi connectivity index (χ4n) is 2.16. The van der Waals surface area contributed by atoms with Crippen molar-refractivity contribution < 1.29 is 18.4 Å². The minimum Gasteiger partial charge on any atom is -0.464 e. The van der Waals surface area contributed by atoms with Crippen molar-refractivity contribution >= 4 is 14.5 Å². The summed E-state index contributed by atoms with van der Waals surface area (Å²) in [7, 11) is -2.00. The maximum atomic E-state index is 11.2. The first-order valence-electron chi connectivity index (χ1n) is 6.79. The molecule has 0 spiro atoms. The topological polar surface area (TPSA) is 56.8 Å². The number of nitrogens with one attached hydrogen (secondary N) is 1. The lowest BCUT2D eigenvalue weighted by Crippen LogP contribution is -2.40. The number of carbonyl (C=O) groups excluding carboxylic acids is 1. The zero-order valence-corrected chi connectivity index (χ0v) is 12.7. The molecule has 1 unspecified atom stereocenters. The van der Waals surface area contributed by atoms with Crippen LogP contribution in [0.25, 0.3) is 0 Å². The van der Waals surface area contributed by atoms with Gasteiger partial charge < -0.3 is 18.9 Å². The van der Waals surface area contributed by atoms with E-state index in [1.165, 1.54) is 0 Å². The van der Waals surface area contributed by atoms with Crippen LogP contribution in [0.1, 0.15) is 26.7 Å². The second-order valence-electron chi connectivity index (χ2n) is 4.57. The molecule has 18 heavy (non-hydrogen) atoms. The zero-order chi connectivity index (χ0) is 13.4. The first-order chi connectivity index (χ1) is 8.61. The predicted octanol–water partition coefficient (Wildman–Crippen LogP) is 1.43. The molecule has 1 aliphatic heterocycles. The van der Waals surface area contributed by atoms with Crippen LogP contribution in [0.3, 0.4) is 0 Å². The van der Waals surface area contributed by atoms with Gasteiger partial charge in [0.1, 0.15) is 6.04 Å². The van der Waals surface area contributed by atoms with Gasteiger partial charge in [0.25, 0.3) is 0 Å². The van der Waals surface area contributed by atoms with Crippen molar-refractivity contribution in [1.29, 1.82) is 0 Å². The monoisotopic (exact) mass is 275 g/mol. The van der Waals surface area contributed by atoms with Gasteiger partial charge >= 0.3 is 14.5 Å². The van der Waals surface area contributed by atoms with E-state index < -0.39 is 8.56 Å². The van der Waals surface area contributed by atoms with E-state index in [1.807, 2.05) is 13.8 Å². The summed E-state index contributed by atoms with van der Waals surface area (Å²) in [4.78, 5) is 11.2. The molecule has 0 saturated carbocycles. The van der Waals surface area contributed by atoms with Crippen LogP contribution >= 0.6 is 0 Å². The molecule has 1 rings (SSSR count). The summed E-state index contributed by atoms with van der Waals surface area (Å²) in [6.07, 6.45) is 1.75. The van der Waals surface area contributed by atoms with Crippen LogP contribution in [0, 0.1) is 0 Å². The third-order valence-electron chi connectivity index (χ3n) is 3.03. The zero-order valence-electron chi connectivity index (χ0n) is 11.7. The SMILES string of the molecule is CCO[Si](C)(CCCNC1CCOC1=O)OCC. The van der Waals surface area contributed by atoms with E-state index >= 15 is 0 Å². The molecular formula is C12H25NO4Si. The van der Waals surface area contributed by atoms with Gasteiger partial charge in [0.2, 0.25) is 0 Å². The van der Waals surface area contributed by atoms with Crippen molar-refractivity contribution in [2.24, 2.45) is 0 Å². The van der Waals surface area contributed by atoms with Gasteiger partial charge in [-0.25, -0.2) is 0 Å². The first-order valence-corrected chi connectivity index (χ1v) is 9.31. The fraction of sp³-hybridized carbons (Fsp3) is 0.917. The molecular weight excluding hydrogens is 250 g/mol. The van der Waals surface area contributed by atoms with Crippen LogP contribution in [-0.2, 0) is 18.4 Å². The molecule has 0 aliphatic carbocycles. The van der Waals surface area contributed by atoms with Crippen molar-refractivity contribution in [3.8, 4) is 0 Å². The third-order valence-corrected chi connectivity index (χ3v) is 6.09. The van der Waals surface area contributed by atoms with Crippen molar-refractivity contribution in [3.63, 3.8) is 0 Å². The predicted molar refractivity (Wildman–Crippen MR) is 71.7 cm³/mol. The van der Waals surface area contributed by atoms with Gasteiger partial charge in [0.15, 0.2) is 0 Å². The van der Waals surface area contributed by atoms with E-state index in [9.17, 15) is 4.79 Å². The van der Waals surface area contributed by atoms with Gasteiger partial charge in [-0.3, -0.25) is 4.79 Å². The molecule has 5 nitrogen and oxygen atoms in total. The van der Waals surface area contributed by atoms with Crippen LogP contribution in [0.5, 0.6) is 0 Å². The second kappa shape index (κ2) is 7.88. The molecule has 6 heteroatoms. The normalized spacial score (nSPS) is 20.2. The Hall–Kier alpha value is -0.433. The van der Waals surface area contributed by atoms with Crippen molar-refractivity contribution in [2.75, 3.05) is 26.4 Å². The third kappa shape index (κ3) is 5.05. The average molecular weight is 275 g/mol. The van der Waals surface area contributed by atoms with Crippen LogP contribution < -0.4 is 5.32 Å². The Kier molecular flexibility index (Phi) is 6.84. The summed E-state index contributed by atoms with van der Waals surface area (Å²) in [5.74, 6) is -0.121. The second-order valence-corrected chi connectivity index (χ2v) is 7.91. The first kappa shape index (κ1) is 15.6. The minimum atomic E-state index is -2.00. The molecule has 1 saturated heterocycles. The highest BCUT2D eigenvalue weighted by Crippen LogP contribution is 2.15. The lowest BCUT2D eigenvalue weighted by molar-refractivity contribution is -0.139. The summed E-state index contributed by atoms with van der Waals surface area (Å²) in [6.45, 7) is 8.84. The summed E-state index contributed by atoms with van der Waals surface area (Å²) in [6, 6.07) is 0.834. The Morgan fingerprint density at radius 2 is 2.06 bits per heavy atom. The minimum absolute atomic E-state index is 0.114. The lowest BCUT2D eigenvalue weighted by atomic mass is 10.2. The number of hydrogen-bond acceptors (Lipinski definition) is 5. The molecule has 1 N–H and O–H groups in total. The fourth-order valence-corrected chi connectivity index (χ4v) is 4.58. The van der Waals surface area contributed by atoms with Gasteiger partial charge in [-0.1, -0.05) is 0 Å². The Labute approximate surface area is 110 Å². The lowest BCUT2D eigenvalue weighted by Gasteiger charge is -2.26. The number of rotatable bonds is 9. The summed E-state index contributed by atoms with van der Waals surface area (Å²) < 4.78 is 16.4. The van der Waals surface area contributed by atoms with E-state index in [2.05, 4.69) is 11.9 Å². The highest BCUT2D eigenvalue weighted by Gasteiger charge is 2.30. The molecule has 0 aromatic carbocycles. The molecule has 0 radical (unpaired) electrons. The maximum absolute atomic E-state index is 11.2. The highest BCUT2D eigenvalue weighted by atomic mass is 28.4. The Morgan fingerprint density at radius 3 is 2.56 bits per heavy atom. The van der Waals surface area contributed by atoms with Crippen molar-refractivity contribution in [1.82, 2.24) is 5.32 Å². The molecule has 0 amide bonds. The largest absolute Gasteiger partial charge is 0.464 e. The number of hydrogen-bond donors (Lipinski definition) is 1. The van der Waals surface area contributed by atoms with Crippen LogP contribution in [0.15, 0.2) is 0 Å². The van der Waals surface area contributed by atoms with Crippen molar-refractivity contribution in [3.05, 3.63) is 0 Å². The van der Waals surface area contributed by atoms with Gasteiger partial charge in [-0.2, -0.15) is 0 Å². The number of esters is 1. The van der Waals surface area contributed by atoms with Gasteiger partial charge in [0, 0.05) is 19.6 Å². The van der Waals surface area contributed by atoms with E-state index in [4.69, 9.17) is 13.6 Å². The van der Waals surface area contributed by atoms with Crippen LogP contribution in [0.4, 0.5) is 0 Å². The molecule has 0 bridgehead atoms. The molecule has 1 fully saturated rings. The van der Waals surface area contributed by atoms with Crippen LogP contribution in [0.2, 0.25) is 12.6 Å². The number of carbonyl (C=O) groups is 1. The average Bonchev–Trinajstić information content (AvgIpc) is 2.71. The highest BCUT2D eigenvalue weighted by molar-refractivity contribution is 6.66. The summed E-state index contributed by atoms with van der Waals surface area (Å²) >= 11 is 0. The number of ether oxygens (including phenoxy) is 1. The number of cyclic esters (lactones) is 1. The van der Waals surface area contributed by atoms with Gasteiger partial charge in [-0.05, 0) is 39.4 Å². The standard InChI is InChI=1S/C12H25NO4Si/c1-4-16-18(3,17-5-2)10-6-8-13-11-7-9-15-12(11)14/h11,13H,4-10H2,1-3H3. The maximum Gasteiger partial charge on any atom is 0.334 e. The molecule has 1 heterocycles. The molecule has 0 aromatic heterocycles. The smallest absolute Gasteiger partial charge is 0.334 e. The summed E-state index contributed by atoms with van der Waals surface area (Å²) in [5, 5.41) is 3.22. The summed E-state index contributed by atoms with van der Waals surface area (Å²) in [5.41, 5.74) is 0. The molecule has 1 atom stereocenters. The van der Waals surface area contributed by atoms with Crippen molar-refractivity contribution in [2.45, 2.75) is 45.3 Å². The molecule has 1 aliphatic rings.